The third kappa shape index (κ3) is 3.01. The quantitative estimate of drug-likeness (QED) is 0.738. The van der Waals surface area contributed by atoms with Crippen LogP contribution >= 0.6 is 0 Å². The summed E-state index contributed by atoms with van der Waals surface area (Å²) in [4.78, 5) is 2.44. The molecular weight excluding hydrogens is 224 g/mol. The first-order chi connectivity index (χ1) is 8.85. The number of nitrogens with one attached hydrogen (secondary N) is 2. The van der Waals surface area contributed by atoms with Gasteiger partial charge >= 0.3 is 0 Å². The van der Waals surface area contributed by atoms with Crippen LogP contribution in [0.3, 0.4) is 0 Å². The average molecular weight is 246 g/mol. The van der Waals surface area contributed by atoms with Gasteiger partial charge in [0.1, 0.15) is 0 Å². The lowest BCUT2D eigenvalue weighted by Crippen LogP contribution is -2.25. The molecular formula is C14H22N4. The van der Waals surface area contributed by atoms with Crippen molar-refractivity contribution in [2.24, 2.45) is 0 Å². The van der Waals surface area contributed by atoms with Gasteiger partial charge in [-0.15, -0.1) is 0 Å². The van der Waals surface area contributed by atoms with Crippen molar-refractivity contribution in [3.05, 3.63) is 24.4 Å². The van der Waals surface area contributed by atoms with Crippen LogP contribution in [0, 0.1) is 0 Å². The van der Waals surface area contributed by atoms with E-state index in [0.717, 1.165) is 49.2 Å². The van der Waals surface area contributed by atoms with Gasteiger partial charge in [0.25, 0.3) is 0 Å². The Balaban J connectivity index is 1.85. The van der Waals surface area contributed by atoms with Crippen molar-refractivity contribution < 1.29 is 0 Å². The number of anilines is 1. The molecule has 2 aromatic rings. The summed E-state index contributed by atoms with van der Waals surface area (Å²) in [6.45, 7) is 8.83. The molecule has 0 saturated heterocycles. The number of benzene rings is 1. The number of aromatic nitrogens is 2. The van der Waals surface area contributed by atoms with Crippen LogP contribution in [0.1, 0.15) is 20.3 Å². The van der Waals surface area contributed by atoms with Gasteiger partial charge in [0.2, 0.25) is 0 Å². The molecule has 0 bridgehead atoms. The van der Waals surface area contributed by atoms with Crippen LogP contribution < -0.4 is 5.32 Å². The number of fused-ring (bicyclic) bond motifs is 1. The van der Waals surface area contributed by atoms with Crippen LogP contribution in [-0.4, -0.2) is 41.3 Å². The Hall–Kier alpha value is -1.55. The molecule has 98 valence electrons. The zero-order chi connectivity index (χ0) is 12.8. The maximum Gasteiger partial charge on any atom is 0.0881 e. The number of H-pyrrole nitrogens is 1. The summed E-state index contributed by atoms with van der Waals surface area (Å²) < 4.78 is 0. The topological polar surface area (TPSA) is 44.0 Å². The number of hydrogen-bond donors (Lipinski definition) is 2. The van der Waals surface area contributed by atoms with Gasteiger partial charge in [-0.1, -0.05) is 26.0 Å². The van der Waals surface area contributed by atoms with Crippen molar-refractivity contribution in [1.82, 2.24) is 15.1 Å². The first kappa shape index (κ1) is 12.9. The highest BCUT2D eigenvalue weighted by molar-refractivity contribution is 5.89. The van der Waals surface area contributed by atoms with Crippen LogP contribution in [0.2, 0.25) is 0 Å². The van der Waals surface area contributed by atoms with Gasteiger partial charge in [-0.25, -0.2) is 0 Å². The van der Waals surface area contributed by atoms with Crippen LogP contribution in [0.15, 0.2) is 24.4 Å². The van der Waals surface area contributed by atoms with Gasteiger partial charge in [0, 0.05) is 11.9 Å². The SMILES string of the molecule is CCN(CC)CCCNc1cccc2cn[nH]c12. The Morgan fingerprint density at radius 2 is 2.11 bits per heavy atom. The van der Waals surface area contributed by atoms with E-state index in [9.17, 15) is 0 Å². The highest BCUT2D eigenvalue weighted by Gasteiger charge is 2.02. The number of para-hydroxylation sites is 1. The van der Waals surface area contributed by atoms with E-state index >= 15 is 0 Å². The Kier molecular flexibility index (Phi) is 4.59. The maximum atomic E-state index is 4.07. The fraction of sp³-hybridized carbons (Fsp3) is 0.500. The summed E-state index contributed by atoms with van der Waals surface area (Å²) >= 11 is 0. The lowest BCUT2D eigenvalue weighted by atomic mass is 10.2. The summed E-state index contributed by atoms with van der Waals surface area (Å²) in [7, 11) is 0. The van der Waals surface area contributed by atoms with Crippen molar-refractivity contribution in [3.63, 3.8) is 0 Å². The molecule has 4 heteroatoms. The lowest BCUT2D eigenvalue weighted by molar-refractivity contribution is 0.303. The molecule has 4 nitrogen and oxygen atoms in total. The van der Waals surface area contributed by atoms with E-state index in [1.165, 1.54) is 0 Å². The minimum atomic E-state index is 0.995. The van der Waals surface area contributed by atoms with Crippen LogP contribution in [0.5, 0.6) is 0 Å². The van der Waals surface area contributed by atoms with Crippen molar-refractivity contribution in [2.45, 2.75) is 20.3 Å². The lowest BCUT2D eigenvalue weighted by Gasteiger charge is -2.18. The Morgan fingerprint density at radius 3 is 2.89 bits per heavy atom. The third-order valence-corrected chi connectivity index (χ3v) is 3.34. The summed E-state index contributed by atoms with van der Waals surface area (Å²) in [5.74, 6) is 0. The molecule has 0 radical (unpaired) electrons. The molecule has 1 heterocycles. The van der Waals surface area contributed by atoms with E-state index in [1.807, 2.05) is 6.20 Å². The second kappa shape index (κ2) is 6.40. The molecule has 2 rings (SSSR count). The molecule has 18 heavy (non-hydrogen) atoms. The molecule has 0 aliphatic rings. The van der Waals surface area contributed by atoms with Crippen molar-refractivity contribution >= 4 is 16.6 Å². The van der Waals surface area contributed by atoms with Gasteiger partial charge in [-0.2, -0.15) is 5.10 Å². The zero-order valence-corrected chi connectivity index (χ0v) is 11.2. The fourth-order valence-corrected chi connectivity index (χ4v) is 2.18. The van der Waals surface area contributed by atoms with Gasteiger partial charge in [-0.05, 0) is 32.1 Å². The number of nitrogens with zero attached hydrogens (tertiary/aromatic N) is 2. The number of hydrogen-bond acceptors (Lipinski definition) is 3. The third-order valence-electron chi connectivity index (χ3n) is 3.34. The van der Waals surface area contributed by atoms with Gasteiger partial charge in [0.15, 0.2) is 0 Å². The Labute approximate surface area is 108 Å². The molecule has 0 aliphatic heterocycles. The number of aromatic amines is 1. The normalized spacial score (nSPS) is 11.3. The van der Waals surface area contributed by atoms with E-state index in [0.29, 0.717) is 0 Å². The monoisotopic (exact) mass is 246 g/mol. The highest BCUT2D eigenvalue weighted by atomic mass is 15.1. The first-order valence-corrected chi connectivity index (χ1v) is 6.73. The average Bonchev–Trinajstić information content (AvgIpc) is 2.88. The fourth-order valence-electron chi connectivity index (χ4n) is 2.18. The van der Waals surface area contributed by atoms with Crippen LogP contribution in [0.4, 0.5) is 5.69 Å². The molecule has 0 atom stereocenters. The summed E-state index contributed by atoms with van der Waals surface area (Å²) in [5, 5.41) is 11.7. The molecule has 0 amide bonds. The zero-order valence-electron chi connectivity index (χ0n) is 11.2. The molecule has 0 aliphatic carbocycles. The second-order valence-corrected chi connectivity index (χ2v) is 4.45. The molecule has 0 unspecified atom stereocenters. The standard InChI is InChI=1S/C14H22N4/c1-3-18(4-2)10-6-9-15-13-8-5-7-12-11-16-17-14(12)13/h5,7-8,11,15H,3-4,6,9-10H2,1-2H3,(H,16,17). The van der Waals surface area contributed by atoms with Gasteiger partial charge in [0.05, 0.1) is 17.4 Å². The minimum absolute atomic E-state index is 0.995. The molecule has 1 aromatic heterocycles. The first-order valence-electron chi connectivity index (χ1n) is 6.73. The van der Waals surface area contributed by atoms with Crippen LogP contribution in [0.25, 0.3) is 10.9 Å². The summed E-state index contributed by atoms with van der Waals surface area (Å²) in [5.41, 5.74) is 2.24. The molecule has 0 fully saturated rings. The van der Waals surface area contributed by atoms with Gasteiger partial charge < -0.3 is 10.2 Å². The molecule has 0 saturated carbocycles. The van der Waals surface area contributed by atoms with E-state index in [-0.39, 0.29) is 0 Å². The summed E-state index contributed by atoms with van der Waals surface area (Å²) in [6.07, 6.45) is 3.02. The van der Waals surface area contributed by atoms with Gasteiger partial charge in [-0.3, -0.25) is 5.10 Å². The predicted molar refractivity (Wildman–Crippen MR) is 77.0 cm³/mol. The van der Waals surface area contributed by atoms with Crippen LogP contribution in [-0.2, 0) is 0 Å². The summed E-state index contributed by atoms with van der Waals surface area (Å²) in [6, 6.07) is 6.22. The molecule has 1 aromatic carbocycles. The van der Waals surface area contributed by atoms with E-state index in [2.05, 4.69) is 52.5 Å². The maximum absolute atomic E-state index is 4.07. The van der Waals surface area contributed by atoms with E-state index in [1.54, 1.807) is 0 Å². The Morgan fingerprint density at radius 1 is 1.28 bits per heavy atom. The smallest absolute Gasteiger partial charge is 0.0881 e. The van der Waals surface area contributed by atoms with Crippen molar-refractivity contribution in [3.8, 4) is 0 Å². The van der Waals surface area contributed by atoms with Crippen molar-refractivity contribution in [2.75, 3.05) is 31.5 Å². The molecule has 0 spiro atoms. The van der Waals surface area contributed by atoms with E-state index < -0.39 is 0 Å². The minimum Gasteiger partial charge on any atom is -0.383 e. The predicted octanol–water partition coefficient (Wildman–Crippen LogP) is 2.71. The second-order valence-electron chi connectivity index (χ2n) is 4.45. The Bertz CT molecular complexity index is 473. The largest absolute Gasteiger partial charge is 0.383 e. The highest BCUT2D eigenvalue weighted by Crippen LogP contribution is 2.20. The van der Waals surface area contributed by atoms with E-state index in [4.69, 9.17) is 0 Å². The molecule has 2 N–H and O–H groups in total. The number of rotatable bonds is 7. The van der Waals surface area contributed by atoms with Crippen molar-refractivity contribution in [1.29, 1.82) is 0 Å².